The van der Waals surface area contributed by atoms with E-state index in [0.29, 0.717) is 4.52 Å². The van der Waals surface area contributed by atoms with E-state index in [4.69, 9.17) is 0 Å². The van der Waals surface area contributed by atoms with Crippen molar-refractivity contribution in [3.8, 4) is 0 Å². The number of alkyl halides is 3. The molecule has 7 nitrogen and oxygen atoms in total. The minimum atomic E-state index is -4.64. The Morgan fingerprint density at radius 1 is 1.08 bits per heavy atom. The lowest BCUT2D eigenvalue weighted by Crippen LogP contribution is -2.13. The number of hydrogen-bond donors (Lipinski definition) is 1. The van der Waals surface area contributed by atoms with Gasteiger partial charge in [0.05, 0.1) is 6.21 Å². The standard InChI is InChI=1S/C15H14F3N7/c1-24(2)11-5-3-10(4-6-11)9-19-20-12-7-8-13-21-22-14(15(16,17)18)25(13)23-12/h3-9H,1-2H3,(H,20,23)/b19-9-. The van der Waals surface area contributed by atoms with Gasteiger partial charge in [-0.3, -0.25) is 5.43 Å². The number of benzene rings is 1. The molecule has 0 aliphatic heterocycles. The largest absolute Gasteiger partial charge is 0.453 e. The molecule has 0 aliphatic carbocycles. The van der Waals surface area contributed by atoms with Crippen LogP contribution in [0.3, 0.4) is 0 Å². The monoisotopic (exact) mass is 349 g/mol. The first kappa shape index (κ1) is 16.7. The van der Waals surface area contributed by atoms with E-state index in [1.807, 2.05) is 43.3 Å². The number of aromatic nitrogens is 4. The molecular formula is C15H14F3N7. The van der Waals surface area contributed by atoms with Gasteiger partial charge in [-0.2, -0.15) is 22.8 Å². The van der Waals surface area contributed by atoms with Gasteiger partial charge in [0.1, 0.15) is 0 Å². The number of fused-ring (bicyclic) bond motifs is 1. The Balaban J connectivity index is 1.76. The molecule has 0 unspecified atom stereocenters. The molecule has 3 rings (SSSR count). The molecule has 0 atom stereocenters. The Hall–Kier alpha value is -3.17. The zero-order valence-electron chi connectivity index (χ0n) is 13.4. The summed E-state index contributed by atoms with van der Waals surface area (Å²) in [5, 5.41) is 14.3. The summed E-state index contributed by atoms with van der Waals surface area (Å²) < 4.78 is 39.1. The Bertz CT molecular complexity index is 898. The third-order valence-electron chi connectivity index (χ3n) is 3.32. The van der Waals surface area contributed by atoms with Crippen molar-refractivity contribution >= 4 is 23.4 Å². The number of nitrogens with zero attached hydrogens (tertiary/aromatic N) is 6. The van der Waals surface area contributed by atoms with E-state index in [0.717, 1.165) is 11.3 Å². The Kier molecular flexibility index (Phi) is 4.26. The van der Waals surface area contributed by atoms with Crippen molar-refractivity contribution in [1.29, 1.82) is 0 Å². The first-order chi connectivity index (χ1) is 11.8. The minimum absolute atomic E-state index is 0.00105. The fraction of sp³-hybridized carbons (Fsp3) is 0.200. The van der Waals surface area contributed by atoms with Crippen LogP contribution in [0.1, 0.15) is 11.4 Å². The summed E-state index contributed by atoms with van der Waals surface area (Å²) in [4.78, 5) is 1.97. The lowest BCUT2D eigenvalue weighted by atomic mass is 10.2. The molecule has 2 aromatic heterocycles. The van der Waals surface area contributed by atoms with Gasteiger partial charge >= 0.3 is 6.18 Å². The minimum Gasteiger partial charge on any atom is -0.378 e. The van der Waals surface area contributed by atoms with Crippen LogP contribution in [-0.2, 0) is 6.18 Å². The first-order valence-corrected chi connectivity index (χ1v) is 7.21. The molecule has 0 amide bonds. The van der Waals surface area contributed by atoms with Crippen molar-refractivity contribution < 1.29 is 13.2 Å². The van der Waals surface area contributed by atoms with Crippen LogP contribution >= 0.6 is 0 Å². The third-order valence-corrected chi connectivity index (χ3v) is 3.32. The van der Waals surface area contributed by atoms with Crippen LogP contribution in [0.4, 0.5) is 24.7 Å². The van der Waals surface area contributed by atoms with E-state index in [1.54, 1.807) is 6.21 Å². The van der Waals surface area contributed by atoms with Gasteiger partial charge < -0.3 is 4.90 Å². The summed E-state index contributed by atoms with van der Waals surface area (Å²) in [5.41, 5.74) is 4.48. The molecule has 0 radical (unpaired) electrons. The molecule has 3 aromatic rings. The molecule has 25 heavy (non-hydrogen) atoms. The van der Waals surface area contributed by atoms with Crippen LogP contribution in [0, 0.1) is 0 Å². The highest BCUT2D eigenvalue weighted by atomic mass is 19.4. The molecule has 0 spiro atoms. The van der Waals surface area contributed by atoms with Crippen LogP contribution in [0.5, 0.6) is 0 Å². The van der Waals surface area contributed by atoms with Crippen molar-refractivity contribution in [2.75, 3.05) is 24.4 Å². The third kappa shape index (κ3) is 3.67. The van der Waals surface area contributed by atoms with Crippen molar-refractivity contribution in [2.24, 2.45) is 5.10 Å². The molecule has 0 aliphatic rings. The van der Waals surface area contributed by atoms with E-state index in [9.17, 15) is 13.2 Å². The number of nitrogens with one attached hydrogen (secondary N) is 1. The first-order valence-electron chi connectivity index (χ1n) is 7.21. The average molecular weight is 349 g/mol. The molecule has 0 bridgehead atoms. The number of hydrazone groups is 1. The summed E-state index contributed by atoms with van der Waals surface area (Å²) in [6.45, 7) is 0. The summed E-state index contributed by atoms with van der Waals surface area (Å²) in [7, 11) is 3.87. The van der Waals surface area contributed by atoms with Crippen molar-refractivity contribution in [3.05, 3.63) is 47.8 Å². The lowest BCUT2D eigenvalue weighted by Gasteiger charge is -2.11. The summed E-state index contributed by atoms with van der Waals surface area (Å²) >= 11 is 0. The molecule has 0 fully saturated rings. The molecule has 130 valence electrons. The van der Waals surface area contributed by atoms with Crippen LogP contribution in [-0.4, -0.2) is 40.1 Å². The number of hydrogen-bond acceptors (Lipinski definition) is 6. The summed E-state index contributed by atoms with van der Waals surface area (Å²) in [6.07, 6.45) is -3.09. The van der Waals surface area contributed by atoms with Gasteiger partial charge in [-0.05, 0) is 29.8 Å². The second-order valence-electron chi connectivity index (χ2n) is 5.37. The quantitative estimate of drug-likeness (QED) is 0.579. The fourth-order valence-electron chi connectivity index (χ4n) is 2.06. The van der Waals surface area contributed by atoms with E-state index in [-0.39, 0.29) is 11.5 Å². The highest BCUT2D eigenvalue weighted by Crippen LogP contribution is 2.27. The van der Waals surface area contributed by atoms with Crippen molar-refractivity contribution in [1.82, 2.24) is 19.8 Å². The Morgan fingerprint density at radius 3 is 2.44 bits per heavy atom. The van der Waals surface area contributed by atoms with Crippen LogP contribution < -0.4 is 10.3 Å². The predicted octanol–water partition coefficient (Wildman–Crippen LogP) is 2.66. The maximum Gasteiger partial charge on any atom is 0.453 e. The van der Waals surface area contributed by atoms with Crippen LogP contribution in [0.2, 0.25) is 0 Å². The van der Waals surface area contributed by atoms with E-state index < -0.39 is 12.0 Å². The SMILES string of the molecule is CN(C)c1ccc(/C=N\Nc2ccc3nnc(C(F)(F)F)n3n2)cc1. The highest BCUT2D eigenvalue weighted by molar-refractivity contribution is 5.80. The molecule has 0 saturated heterocycles. The van der Waals surface area contributed by atoms with Gasteiger partial charge in [-0.15, -0.1) is 15.3 Å². The highest BCUT2D eigenvalue weighted by Gasteiger charge is 2.37. The van der Waals surface area contributed by atoms with E-state index >= 15 is 0 Å². The van der Waals surface area contributed by atoms with Gasteiger partial charge in [-0.25, -0.2) is 0 Å². The van der Waals surface area contributed by atoms with Gasteiger partial charge in [-0.1, -0.05) is 12.1 Å². The molecule has 2 heterocycles. The predicted molar refractivity (Wildman–Crippen MR) is 87.8 cm³/mol. The second-order valence-corrected chi connectivity index (χ2v) is 5.37. The Labute approximate surface area is 140 Å². The fourth-order valence-corrected chi connectivity index (χ4v) is 2.06. The van der Waals surface area contributed by atoms with Crippen LogP contribution in [0.25, 0.3) is 5.65 Å². The Morgan fingerprint density at radius 2 is 1.80 bits per heavy atom. The van der Waals surface area contributed by atoms with E-state index in [1.165, 1.54) is 12.1 Å². The molecule has 1 N–H and O–H groups in total. The second kappa shape index (κ2) is 6.38. The summed E-state index contributed by atoms with van der Waals surface area (Å²) in [6, 6.07) is 10.4. The maximum absolute atomic E-state index is 12.8. The zero-order valence-corrected chi connectivity index (χ0v) is 13.4. The smallest absolute Gasteiger partial charge is 0.378 e. The van der Waals surface area contributed by atoms with Gasteiger partial charge in [0.25, 0.3) is 5.82 Å². The average Bonchev–Trinajstić information content (AvgIpc) is 2.99. The van der Waals surface area contributed by atoms with E-state index in [2.05, 4.69) is 25.8 Å². The number of anilines is 2. The maximum atomic E-state index is 12.8. The van der Waals surface area contributed by atoms with Crippen molar-refractivity contribution in [2.45, 2.75) is 6.18 Å². The van der Waals surface area contributed by atoms with Gasteiger partial charge in [0.2, 0.25) is 0 Å². The molecule has 1 aromatic carbocycles. The van der Waals surface area contributed by atoms with Gasteiger partial charge in [0, 0.05) is 19.8 Å². The topological polar surface area (TPSA) is 70.7 Å². The normalized spacial score (nSPS) is 12.0. The number of halogens is 3. The zero-order chi connectivity index (χ0) is 18.0. The molecular weight excluding hydrogens is 335 g/mol. The molecule has 0 saturated carbocycles. The van der Waals surface area contributed by atoms with Crippen molar-refractivity contribution in [3.63, 3.8) is 0 Å². The molecule has 10 heteroatoms. The lowest BCUT2D eigenvalue weighted by molar-refractivity contribution is -0.146. The van der Waals surface area contributed by atoms with Crippen LogP contribution in [0.15, 0.2) is 41.5 Å². The summed E-state index contributed by atoms with van der Waals surface area (Å²) in [5.74, 6) is -1.05. The number of rotatable bonds is 4. The van der Waals surface area contributed by atoms with Gasteiger partial charge in [0.15, 0.2) is 11.5 Å².